The second-order valence-corrected chi connectivity index (χ2v) is 30.7. The molecule has 32 heteroatoms. The van der Waals surface area contributed by atoms with E-state index >= 15 is 37.5 Å². The van der Waals surface area contributed by atoms with E-state index in [2.05, 4.69) is 16.0 Å². The van der Waals surface area contributed by atoms with Gasteiger partial charge in [-0.25, -0.2) is 8.78 Å². The van der Waals surface area contributed by atoms with Crippen molar-refractivity contribution in [3.05, 3.63) is 12.2 Å². The second kappa shape index (κ2) is 37.6. The molecule has 0 aromatic rings. The second-order valence-electron chi connectivity index (χ2n) is 30.7. The first-order valence-corrected chi connectivity index (χ1v) is 37.5. The summed E-state index contributed by atoms with van der Waals surface area (Å²) < 4.78 is 115. The van der Waals surface area contributed by atoms with Gasteiger partial charge in [0.15, 0.2) is 0 Å². The Morgan fingerprint density at radius 1 is 0.619 bits per heavy atom. The fourth-order valence-electron chi connectivity index (χ4n) is 16.2. The number of nitrogens with one attached hydrogen (secondary N) is 3. The predicted octanol–water partition coefficient (Wildman–Crippen LogP) is 6.73. The number of rotatable bonds is 13. The first-order chi connectivity index (χ1) is 49.2. The third kappa shape index (κ3) is 21.4. The van der Waals surface area contributed by atoms with E-state index in [0.717, 1.165) is 29.4 Å². The van der Waals surface area contributed by atoms with Crippen LogP contribution in [0.5, 0.6) is 0 Å². The molecule has 12 amide bonds. The number of unbranched alkanes of at least 4 members (excludes halogenated alkanes) is 1. The van der Waals surface area contributed by atoms with E-state index in [0.29, 0.717) is 51.4 Å². The number of likely N-dealkylation sites (N-methyl/N-ethyl adjacent to an activating group) is 8. The van der Waals surface area contributed by atoms with Crippen LogP contribution in [0.25, 0.3) is 0 Å². The maximum atomic E-state index is 15.4. The average molecular weight is 1500 g/mol. The molecule has 0 aromatic carbocycles. The summed E-state index contributed by atoms with van der Waals surface area (Å²) >= 11 is 0. The molecule has 3 N–H and O–H groups in total. The predicted molar refractivity (Wildman–Crippen MR) is 372 cm³/mol. The Bertz CT molecular complexity index is 3100. The van der Waals surface area contributed by atoms with Crippen LogP contribution in [0, 0.1) is 35.5 Å². The quantitative estimate of drug-likeness (QED) is 0.128. The highest BCUT2D eigenvalue weighted by Gasteiger charge is 2.55. The van der Waals surface area contributed by atoms with Crippen molar-refractivity contribution in [2.45, 2.75) is 260 Å². The summed E-state index contributed by atoms with van der Waals surface area (Å²) in [4.78, 5) is 189. The van der Waals surface area contributed by atoms with Crippen molar-refractivity contribution in [2.75, 3.05) is 83.1 Å². The lowest BCUT2D eigenvalue weighted by atomic mass is 9.74. The van der Waals surface area contributed by atoms with Crippen LogP contribution < -0.4 is 16.0 Å². The minimum Gasteiger partial charge on any atom is -0.347 e. The lowest BCUT2D eigenvalue weighted by Gasteiger charge is -2.47. The van der Waals surface area contributed by atoms with Gasteiger partial charge in [-0.3, -0.25) is 57.5 Å². The van der Waals surface area contributed by atoms with Gasteiger partial charge in [-0.1, -0.05) is 72.0 Å². The van der Waals surface area contributed by atoms with Crippen LogP contribution in [0.1, 0.15) is 182 Å². The van der Waals surface area contributed by atoms with E-state index in [1.807, 2.05) is 6.92 Å². The first-order valence-electron chi connectivity index (χ1n) is 37.5. The third-order valence-electron chi connectivity index (χ3n) is 23.3. The van der Waals surface area contributed by atoms with E-state index < -0.39 is 224 Å². The fourth-order valence-corrected chi connectivity index (χ4v) is 16.2. The van der Waals surface area contributed by atoms with Gasteiger partial charge in [-0.15, -0.1) is 0 Å². The average Bonchev–Trinajstić information content (AvgIpc) is 1.35. The largest absolute Gasteiger partial charge is 0.397 e. The standard InChI is InChI=1S/C73H114F8N12O12/c1-14-17-26-52-63(98)84-71(34-23-35-71)70(105)92(13)61(46-24-20-21-25-46)69(104)91(12)54(65(100)85(5)6)40-57(95)88(9)51(16-3)62(97)83-60(43(4)15-2)68(103)87(8)42-58(96)89(10)53-27-19-18-22-36-93(67(53)102)55(39-44-28-31-47(32-29-44)72(76,77)78)66(101)86(7)41-56(94)82-50(64(99)90(52)11)33-30-45-37-48(74)59(49(75)38-45)73(79,80)81/h18-19,43-55,59-61H,14-17,20-42H2,1-13H3,(H,82,94)(H,83,97)(H,84,98)/b19-18-/t43-,44?,45?,47?,48?,49?,50-,51-,52-,53-,54-,55-,59?,60-,61-/m0/s1. The summed E-state index contributed by atoms with van der Waals surface area (Å²) in [6, 6.07) is -11.2. The van der Waals surface area contributed by atoms with Crippen molar-refractivity contribution < 1.29 is 92.7 Å². The monoisotopic (exact) mass is 1500 g/mol. The first kappa shape index (κ1) is 86.7. The van der Waals surface area contributed by atoms with Crippen LogP contribution in [0.4, 0.5) is 35.1 Å². The molecule has 2 unspecified atom stereocenters. The molecule has 4 saturated carbocycles. The van der Waals surface area contributed by atoms with Crippen LogP contribution in [-0.4, -0.2) is 277 Å². The van der Waals surface area contributed by atoms with Crippen LogP contribution in [-0.2, 0) is 57.5 Å². The number of hydrogen-bond acceptors (Lipinski definition) is 12. The molecule has 1 spiro atoms. The number of halogens is 8. The van der Waals surface area contributed by atoms with Gasteiger partial charge in [0, 0.05) is 70.0 Å². The molecule has 6 rings (SSSR count). The van der Waals surface area contributed by atoms with Gasteiger partial charge in [0.05, 0.1) is 25.4 Å². The van der Waals surface area contributed by atoms with Crippen molar-refractivity contribution in [1.29, 1.82) is 0 Å². The number of carbonyl (C=O) groups is 12. The van der Waals surface area contributed by atoms with E-state index in [1.165, 1.54) is 78.1 Å². The van der Waals surface area contributed by atoms with Gasteiger partial charge in [-0.05, 0) is 139 Å². The molecule has 594 valence electrons. The number of hydrogen-bond donors (Lipinski definition) is 3. The molecule has 2 heterocycles. The Kier molecular flexibility index (Phi) is 31.0. The summed E-state index contributed by atoms with van der Waals surface area (Å²) in [6.07, 6.45) is -11.3. The molecule has 1 saturated heterocycles. The van der Waals surface area contributed by atoms with Crippen molar-refractivity contribution in [3.8, 4) is 0 Å². The maximum absolute atomic E-state index is 15.4. The Labute approximate surface area is 612 Å². The van der Waals surface area contributed by atoms with Crippen LogP contribution in [0.15, 0.2) is 12.2 Å². The van der Waals surface area contributed by atoms with Gasteiger partial charge < -0.3 is 60.0 Å². The molecule has 4 aliphatic carbocycles. The molecule has 5 fully saturated rings. The smallest absolute Gasteiger partial charge is 0.347 e. The van der Waals surface area contributed by atoms with E-state index in [-0.39, 0.29) is 83.6 Å². The number of carbonyl (C=O) groups excluding carboxylic acids is 12. The lowest BCUT2D eigenvalue weighted by molar-refractivity contribution is -0.219. The van der Waals surface area contributed by atoms with E-state index in [1.54, 1.807) is 32.9 Å². The molecular formula is C73H114F8N12O12. The SMILES string of the molecule is CCCC[C@H]1C(=O)NC2(CCC2)C(=O)N(C)[C@@H](C2CCCC2)C(=O)N(C)[C@H](C(=O)N(C)C)CC(=O)N(C)[C@@H](CC)C(=O)N[C@@H]([C@@H](C)CC)C(=O)N(C)CC(=O)N(C)[C@H]2C/C=C\CCN(C2=O)[C@@H](CC2CCC(C(F)(F)F)CC2)C(=O)N(C)CC(=O)N[C@@H](CCC2CC(F)C(C(F)(F)F)C(F)C2)C(=O)N1C. The van der Waals surface area contributed by atoms with Crippen molar-refractivity contribution in [2.24, 2.45) is 35.5 Å². The van der Waals surface area contributed by atoms with Gasteiger partial charge in [0.2, 0.25) is 70.9 Å². The number of alkyl halides is 8. The normalized spacial score (nSPS) is 31.3. The highest BCUT2D eigenvalue weighted by atomic mass is 19.4. The third-order valence-corrected chi connectivity index (χ3v) is 23.3. The zero-order valence-corrected chi connectivity index (χ0v) is 63.4. The molecule has 0 aromatic heterocycles. The van der Waals surface area contributed by atoms with Gasteiger partial charge in [0.1, 0.15) is 72.1 Å². The van der Waals surface area contributed by atoms with Gasteiger partial charge in [0.25, 0.3) is 0 Å². The molecule has 2 bridgehead atoms. The number of fused-ring (bicyclic) bond motifs is 2. The fraction of sp³-hybridized carbons (Fsp3) is 0.808. The zero-order chi connectivity index (χ0) is 78.5. The van der Waals surface area contributed by atoms with Crippen LogP contribution in [0.3, 0.4) is 0 Å². The maximum Gasteiger partial charge on any atom is 0.397 e. The van der Waals surface area contributed by atoms with Gasteiger partial charge in [-0.2, -0.15) is 26.3 Å². The zero-order valence-electron chi connectivity index (χ0n) is 63.4. The summed E-state index contributed by atoms with van der Waals surface area (Å²) in [6.45, 7) is 5.24. The lowest BCUT2D eigenvalue weighted by Crippen LogP contribution is -2.68. The van der Waals surface area contributed by atoms with Gasteiger partial charge >= 0.3 is 12.4 Å². The summed E-state index contributed by atoms with van der Waals surface area (Å²) in [7, 11) is 12.1. The van der Waals surface area contributed by atoms with E-state index in [4.69, 9.17) is 0 Å². The van der Waals surface area contributed by atoms with Crippen molar-refractivity contribution >= 4 is 70.9 Å². The van der Waals surface area contributed by atoms with E-state index in [9.17, 15) is 55.1 Å². The highest BCUT2D eigenvalue weighted by Crippen LogP contribution is 2.45. The summed E-state index contributed by atoms with van der Waals surface area (Å²) in [5, 5.41) is 8.34. The molecule has 24 nitrogen and oxygen atoms in total. The van der Waals surface area contributed by atoms with Crippen LogP contribution in [0.2, 0.25) is 0 Å². The number of nitrogens with zero attached hydrogens (tertiary/aromatic N) is 9. The molecule has 2 aliphatic heterocycles. The summed E-state index contributed by atoms with van der Waals surface area (Å²) in [5.41, 5.74) is -1.66. The molecule has 105 heavy (non-hydrogen) atoms. The Balaban J connectivity index is 1.46. The highest BCUT2D eigenvalue weighted by molar-refractivity contribution is 6.01. The molecule has 6 aliphatic rings. The Morgan fingerprint density at radius 2 is 1.23 bits per heavy atom. The van der Waals surface area contributed by atoms with Crippen molar-refractivity contribution in [3.63, 3.8) is 0 Å². The van der Waals surface area contributed by atoms with Crippen molar-refractivity contribution in [1.82, 2.24) is 60.0 Å². The van der Waals surface area contributed by atoms with Crippen LogP contribution >= 0.6 is 0 Å². The minimum absolute atomic E-state index is 0.000719. The topological polar surface area (TPSA) is 270 Å². The Hall–Kier alpha value is -7.18. The minimum atomic E-state index is -5.21. The molecule has 0 radical (unpaired) electrons. The Morgan fingerprint density at radius 3 is 1.77 bits per heavy atom. The summed E-state index contributed by atoms with van der Waals surface area (Å²) in [5.74, 6) is -16.7. The molecular weight excluding hydrogens is 1390 g/mol. The number of amides is 12. The molecule has 11 atom stereocenters.